The average molecular weight is 206 g/mol. The van der Waals surface area contributed by atoms with Crippen molar-refractivity contribution in [2.75, 3.05) is 0 Å². The first kappa shape index (κ1) is 9.27. The van der Waals surface area contributed by atoms with Crippen LogP contribution in [-0.2, 0) is 4.79 Å². The van der Waals surface area contributed by atoms with E-state index in [1.165, 1.54) is 6.33 Å². The van der Waals surface area contributed by atoms with E-state index in [1.54, 1.807) is 18.3 Å². The highest BCUT2D eigenvalue weighted by Gasteiger charge is 2.15. The number of nitrogens with zero attached hydrogens (tertiary/aromatic N) is 2. The molecule has 0 N–H and O–H groups in total. The molecule has 72 valence electrons. The Hall–Kier alpha value is -1.29. The van der Waals surface area contributed by atoms with Gasteiger partial charge < -0.3 is 0 Å². The SMILES string of the molecule is CC(=O)C(C)c1ncnc2sccc12. The number of carbonyl (C=O) groups is 1. The van der Waals surface area contributed by atoms with Crippen LogP contribution in [0.25, 0.3) is 10.2 Å². The molecule has 2 rings (SSSR count). The molecule has 0 amide bonds. The van der Waals surface area contributed by atoms with Crippen LogP contribution >= 0.6 is 11.3 Å². The van der Waals surface area contributed by atoms with Crippen LogP contribution < -0.4 is 0 Å². The summed E-state index contributed by atoms with van der Waals surface area (Å²) in [6.45, 7) is 3.47. The topological polar surface area (TPSA) is 42.9 Å². The van der Waals surface area contributed by atoms with Gasteiger partial charge in [0.05, 0.1) is 11.6 Å². The molecule has 4 heteroatoms. The summed E-state index contributed by atoms with van der Waals surface area (Å²) in [7, 11) is 0. The van der Waals surface area contributed by atoms with Crippen LogP contribution in [0.4, 0.5) is 0 Å². The summed E-state index contributed by atoms with van der Waals surface area (Å²) in [5.41, 5.74) is 0.837. The molecule has 14 heavy (non-hydrogen) atoms. The summed E-state index contributed by atoms with van der Waals surface area (Å²) in [6.07, 6.45) is 1.52. The van der Waals surface area contributed by atoms with Crippen LogP contribution in [0.5, 0.6) is 0 Å². The van der Waals surface area contributed by atoms with Gasteiger partial charge in [0.2, 0.25) is 0 Å². The molecule has 0 radical (unpaired) electrons. The van der Waals surface area contributed by atoms with Gasteiger partial charge in [-0.15, -0.1) is 11.3 Å². The van der Waals surface area contributed by atoms with E-state index in [0.29, 0.717) is 0 Å². The van der Waals surface area contributed by atoms with Crippen LogP contribution in [-0.4, -0.2) is 15.8 Å². The third-order valence-corrected chi connectivity index (χ3v) is 3.13. The van der Waals surface area contributed by atoms with Crippen molar-refractivity contribution in [3.63, 3.8) is 0 Å². The van der Waals surface area contributed by atoms with Gasteiger partial charge in [0, 0.05) is 5.39 Å². The average Bonchev–Trinajstić information content (AvgIpc) is 2.63. The molecule has 0 fully saturated rings. The standard InChI is InChI=1S/C10H10N2OS/c1-6(7(2)13)9-8-3-4-14-10(8)12-5-11-9/h3-6H,1-2H3. The third-order valence-electron chi connectivity index (χ3n) is 2.31. The summed E-state index contributed by atoms with van der Waals surface area (Å²) >= 11 is 1.57. The second-order valence-corrected chi connectivity index (χ2v) is 4.13. The fraction of sp³-hybridized carbons (Fsp3) is 0.300. The summed E-state index contributed by atoms with van der Waals surface area (Å²) in [5.74, 6) is -0.00806. The van der Waals surface area contributed by atoms with Gasteiger partial charge >= 0.3 is 0 Å². The molecule has 1 unspecified atom stereocenters. The predicted octanol–water partition coefficient (Wildman–Crippen LogP) is 2.38. The maximum absolute atomic E-state index is 11.3. The molecule has 0 saturated carbocycles. The molecular weight excluding hydrogens is 196 g/mol. The Bertz CT molecular complexity index is 478. The van der Waals surface area contributed by atoms with Crippen molar-refractivity contribution in [1.29, 1.82) is 0 Å². The molecule has 2 heterocycles. The zero-order valence-electron chi connectivity index (χ0n) is 8.02. The van der Waals surface area contributed by atoms with Gasteiger partial charge in [-0.05, 0) is 25.3 Å². The van der Waals surface area contributed by atoms with Gasteiger partial charge in [-0.1, -0.05) is 0 Å². The smallest absolute Gasteiger partial charge is 0.138 e. The van der Waals surface area contributed by atoms with Crippen LogP contribution in [0.1, 0.15) is 25.5 Å². The van der Waals surface area contributed by atoms with Crippen LogP contribution in [0.3, 0.4) is 0 Å². The number of ketones is 1. The van der Waals surface area contributed by atoms with E-state index in [4.69, 9.17) is 0 Å². The number of carbonyl (C=O) groups excluding carboxylic acids is 1. The van der Waals surface area contributed by atoms with E-state index in [0.717, 1.165) is 15.9 Å². The summed E-state index contributed by atoms with van der Waals surface area (Å²) in [4.78, 5) is 20.5. The number of hydrogen-bond acceptors (Lipinski definition) is 4. The Morgan fingerprint density at radius 3 is 3.00 bits per heavy atom. The highest BCUT2D eigenvalue weighted by Crippen LogP contribution is 2.25. The van der Waals surface area contributed by atoms with Crippen molar-refractivity contribution >= 4 is 27.3 Å². The van der Waals surface area contributed by atoms with Crippen LogP contribution in [0, 0.1) is 0 Å². The van der Waals surface area contributed by atoms with E-state index in [-0.39, 0.29) is 11.7 Å². The molecule has 3 nitrogen and oxygen atoms in total. The summed E-state index contributed by atoms with van der Waals surface area (Å²) < 4.78 is 0. The number of thiophene rings is 1. The Kier molecular flexibility index (Phi) is 2.29. The molecule has 0 aromatic carbocycles. The molecule has 0 aliphatic heterocycles. The van der Waals surface area contributed by atoms with Gasteiger partial charge in [0.15, 0.2) is 0 Å². The van der Waals surface area contributed by atoms with Crippen molar-refractivity contribution in [3.8, 4) is 0 Å². The van der Waals surface area contributed by atoms with Crippen molar-refractivity contribution in [1.82, 2.24) is 9.97 Å². The highest BCUT2D eigenvalue weighted by molar-refractivity contribution is 7.16. The predicted molar refractivity (Wildman–Crippen MR) is 56.5 cm³/mol. The zero-order chi connectivity index (χ0) is 10.1. The van der Waals surface area contributed by atoms with E-state index >= 15 is 0 Å². The number of fused-ring (bicyclic) bond motifs is 1. The van der Waals surface area contributed by atoms with Gasteiger partial charge in [-0.3, -0.25) is 4.79 Å². The minimum Gasteiger partial charge on any atom is -0.299 e. The van der Waals surface area contributed by atoms with Gasteiger partial charge in [-0.2, -0.15) is 0 Å². The molecular formula is C10H10N2OS. The van der Waals surface area contributed by atoms with Crippen molar-refractivity contribution < 1.29 is 4.79 Å². The maximum Gasteiger partial charge on any atom is 0.138 e. The highest BCUT2D eigenvalue weighted by atomic mass is 32.1. The minimum atomic E-state index is -0.143. The monoisotopic (exact) mass is 206 g/mol. The molecule has 1 atom stereocenters. The third kappa shape index (κ3) is 1.42. The van der Waals surface area contributed by atoms with Gasteiger partial charge in [-0.25, -0.2) is 9.97 Å². The molecule has 0 bridgehead atoms. The number of hydrogen-bond donors (Lipinski definition) is 0. The molecule has 0 aliphatic carbocycles. The molecule has 0 aliphatic rings. The molecule has 0 spiro atoms. The minimum absolute atomic E-state index is 0.135. The van der Waals surface area contributed by atoms with Crippen LogP contribution in [0.15, 0.2) is 17.8 Å². The Balaban J connectivity index is 2.61. The molecule has 2 aromatic heterocycles. The van der Waals surface area contributed by atoms with E-state index < -0.39 is 0 Å². The quantitative estimate of drug-likeness (QED) is 0.757. The zero-order valence-corrected chi connectivity index (χ0v) is 8.84. The fourth-order valence-corrected chi connectivity index (χ4v) is 2.09. The first-order chi connectivity index (χ1) is 6.70. The molecule has 0 saturated heterocycles. The van der Waals surface area contributed by atoms with E-state index in [2.05, 4.69) is 9.97 Å². The van der Waals surface area contributed by atoms with E-state index in [1.807, 2.05) is 18.4 Å². The Morgan fingerprint density at radius 2 is 2.29 bits per heavy atom. The van der Waals surface area contributed by atoms with Crippen molar-refractivity contribution in [2.24, 2.45) is 0 Å². The first-order valence-corrected chi connectivity index (χ1v) is 5.26. The van der Waals surface area contributed by atoms with Crippen molar-refractivity contribution in [3.05, 3.63) is 23.5 Å². The first-order valence-electron chi connectivity index (χ1n) is 4.38. The lowest BCUT2D eigenvalue weighted by molar-refractivity contribution is -0.118. The normalized spacial score (nSPS) is 13.0. The van der Waals surface area contributed by atoms with E-state index in [9.17, 15) is 4.79 Å². The van der Waals surface area contributed by atoms with Gasteiger partial charge in [0.25, 0.3) is 0 Å². The molecule has 2 aromatic rings. The Morgan fingerprint density at radius 1 is 1.50 bits per heavy atom. The van der Waals surface area contributed by atoms with Crippen molar-refractivity contribution in [2.45, 2.75) is 19.8 Å². The van der Waals surface area contributed by atoms with Crippen LogP contribution in [0.2, 0.25) is 0 Å². The number of Topliss-reactive ketones (excluding diaryl/α,β-unsaturated/α-hetero) is 1. The largest absolute Gasteiger partial charge is 0.299 e. The summed E-state index contributed by atoms with van der Waals surface area (Å²) in [5, 5.41) is 2.97. The fourth-order valence-electron chi connectivity index (χ4n) is 1.35. The lowest BCUT2D eigenvalue weighted by Crippen LogP contribution is -2.06. The lowest BCUT2D eigenvalue weighted by Gasteiger charge is -2.06. The Labute approximate surface area is 85.8 Å². The second-order valence-electron chi connectivity index (χ2n) is 3.23. The van der Waals surface area contributed by atoms with Gasteiger partial charge in [0.1, 0.15) is 16.9 Å². The number of aromatic nitrogens is 2. The summed E-state index contributed by atoms with van der Waals surface area (Å²) in [6, 6.07) is 1.97. The second kappa shape index (κ2) is 3.46. The maximum atomic E-state index is 11.3. The number of rotatable bonds is 2. The lowest BCUT2D eigenvalue weighted by atomic mass is 10.0.